The molecule has 2 bridgehead atoms. The van der Waals surface area contributed by atoms with Gasteiger partial charge < -0.3 is 16.2 Å². The first kappa shape index (κ1) is 27.6. The summed E-state index contributed by atoms with van der Waals surface area (Å²) >= 11 is 0. The standard InChI is InChI=1S/C25H40N4O5S/c1-24(2)18-12-13-25(24,3)21(16-18)28-22(30)20(15-17-9-5-4-6-10-17)29(35(27,33)34)19(23(31)32)11-7-8-14-26/h4-6,9-10,18-21H,7-8,11-16,26H2,1-3H3,(H,28,30)(H,31,32)(H2,27,33,34)/t18-,19+,20+,21+,25+/m1/s1. The Hall–Kier alpha value is -2.01. The van der Waals surface area contributed by atoms with Crippen molar-refractivity contribution in [2.24, 2.45) is 27.6 Å². The Balaban J connectivity index is 1.96. The summed E-state index contributed by atoms with van der Waals surface area (Å²) in [6.45, 7) is 6.99. The third-order valence-electron chi connectivity index (χ3n) is 8.81. The molecular formula is C25H40N4O5S. The van der Waals surface area contributed by atoms with Crippen molar-refractivity contribution < 1.29 is 23.1 Å². The molecule has 9 nitrogen and oxygen atoms in total. The van der Waals surface area contributed by atoms with Crippen molar-refractivity contribution in [3.05, 3.63) is 35.9 Å². The highest BCUT2D eigenvalue weighted by Gasteiger charge is 2.62. The Morgan fingerprint density at radius 2 is 1.83 bits per heavy atom. The van der Waals surface area contributed by atoms with Gasteiger partial charge in [0, 0.05) is 6.04 Å². The number of amides is 1. The quantitative estimate of drug-likeness (QED) is 0.317. The molecule has 0 unspecified atom stereocenters. The van der Waals surface area contributed by atoms with Crippen LogP contribution < -0.4 is 16.2 Å². The summed E-state index contributed by atoms with van der Waals surface area (Å²) in [5.74, 6) is -1.37. The molecule has 2 aliphatic carbocycles. The molecule has 0 spiro atoms. The molecule has 0 radical (unpaired) electrons. The van der Waals surface area contributed by atoms with Crippen LogP contribution in [0, 0.1) is 16.7 Å². The van der Waals surface area contributed by atoms with E-state index in [4.69, 9.17) is 10.9 Å². The van der Waals surface area contributed by atoms with Gasteiger partial charge in [0.2, 0.25) is 5.91 Å². The van der Waals surface area contributed by atoms with Gasteiger partial charge in [-0.05, 0) is 73.8 Å². The summed E-state index contributed by atoms with van der Waals surface area (Å²) in [7, 11) is -4.53. The molecule has 1 aromatic rings. The third kappa shape index (κ3) is 5.55. The van der Waals surface area contributed by atoms with Gasteiger partial charge in [0.1, 0.15) is 12.1 Å². The number of unbranched alkanes of at least 4 members (excludes halogenated alkanes) is 1. The van der Waals surface area contributed by atoms with Crippen LogP contribution in [0.15, 0.2) is 30.3 Å². The predicted molar refractivity (Wildman–Crippen MR) is 134 cm³/mol. The number of hydrogen-bond donors (Lipinski definition) is 4. The van der Waals surface area contributed by atoms with E-state index < -0.39 is 34.2 Å². The minimum absolute atomic E-state index is 0.0117. The van der Waals surface area contributed by atoms with Gasteiger partial charge in [0.05, 0.1) is 0 Å². The Morgan fingerprint density at radius 1 is 1.17 bits per heavy atom. The molecule has 6 N–H and O–H groups in total. The maximum Gasteiger partial charge on any atom is 0.322 e. The van der Waals surface area contributed by atoms with E-state index in [2.05, 4.69) is 26.1 Å². The van der Waals surface area contributed by atoms with E-state index in [1.807, 2.05) is 6.07 Å². The van der Waals surface area contributed by atoms with Crippen LogP contribution in [-0.2, 0) is 26.2 Å². The minimum atomic E-state index is -4.53. The predicted octanol–water partition coefficient (Wildman–Crippen LogP) is 2.02. The van der Waals surface area contributed by atoms with E-state index in [0.29, 0.717) is 35.2 Å². The van der Waals surface area contributed by atoms with Gasteiger partial charge in [-0.3, -0.25) is 9.59 Å². The molecule has 1 aromatic carbocycles. The maximum atomic E-state index is 13.8. The van der Waals surface area contributed by atoms with Crippen LogP contribution in [0.4, 0.5) is 0 Å². The Morgan fingerprint density at radius 3 is 2.31 bits per heavy atom. The van der Waals surface area contributed by atoms with Gasteiger partial charge in [-0.25, -0.2) is 5.14 Å². The molecule has 5 atom stereocenters. The number of fused-ring (bicyclic) bond motifs is 2. The highest BCUT2D eigenvalue weighted by molar-refractivity contribution is 7.86. The van der Waals surface area contributed by atoms with Gasteiger partial charge in [-0.2, -0.15) is 12.7 Å². The van der Waals surface area contributed by atoms with E-state index in [-0.39, 0.29) is 29.7 Å². The first-order valence-corrected chi connectivity index (χ1v) is 13.9. The van der Waals surface area contributed by atoms with Crippen molar-refractivity contribution >= 4 is 22.1 Å². The lowest BCUT2D eigenvalue weighted by molar-refractivity contribution is -0.143. The highest BCUT2D eigenvalue weighted by atomic mass is 32.2. The van der Waals surface area contributed by atoms with Crippen LogP contribution in [0.3, 0.4) is 0 Å². The molecule has 1 amide bonds. The number of carbonyl (C=O) groups excluding carboxylic acids is 1. The fourth-order valence-electron chi connectivity index (χ4n) is 6.24. The summed E-state index contributed by atoms with van der Waals surface area (Å²) in [6, 6.07) is 6.09. The summed E-state index contributed by atoms with van der Waals surface area (Å²) in [6.07, 6.45) is 3.87. The molecule has 0 heterocycles. The van der Waals surface area contributed by atoms with Crippen molar-refractivity contribution in [3.8, 4) is 0 Å². The molecule has 196 valence electrons. The molecule has 0 saturated heterocycles. The van der Waals surface area contributed by atoms with Crippen LogP contribution in [0.1, 0.15) is 64.9 Å². The van der Waals surface area contributed by atoms with Crippen molar-refractivity contribution in [1.82, 2.24) is 9.62 Å². The number of hydrogen-bond acceptors (Lipinski definition) is 5. The molecule has 2 aliphatic rings. The van der Waals surface area contributed by atoms with E-state index >= 15 is 0 Å². The smallest absolute Gasteiger partial charge is 0.322 e. The number of aliphatic carboxylic acids is 1. The largest absolute Gasteiger partial charge is 0.480 e. The van der Waals surface area contributed by atoms with Crippen molar-refractivity contribution in [2.75, 3.05) is 6.54 Å². The lowest BCUT2D eigenvalue weighted by Crippen LogP contribution is -2.60. The number of nitrogens with one attached hydrogen (secondary N) is 1. The van der Waals surface area contributed by atoms with Crippen LogP contribution in [-0.4, -0.2) is 54.4 Å². The van der Waals surface area contributed by atoms with Crippen molar-refractivity contribution in [3.63, 3.8) is 0 Å². The first-order valence-electron chi connectivity index (χ1n) is 12.4. The third-order valence-corrected chi connectivity index (χ3v) is 9.91. The fraction of sp³-hybridized carbons (Fsp3) is 0.680. The number of nitrogens with zero attached hydrogens (tertiary/aromatic N) is 1. The summed E-state index contributed by atoms with van der Waals surface area (Å²) in [5, 5.41) is 18.7. The number of rotatable bonds is 12. The maximum absolute atomic E-state index is 13.8. The van der Waals surface area contributed by atoms with Gasteiger partial charge in [0.25, 0.3) is 10.2 Å². The second-order valence-electron chi connectivity index (χ2n) is 10.9. The fourth-order valence-corrected chi connectivity index (χ4v) is 7.31. The average molecular weight is 509 g/mol. The van der Waals surface area contributed by atoms with Crippen molar-refractivity contribution in [2.45, 2.75) is 83.8 Å². The molecule has 2 saturated carbocycles. The van der Waals surface area contributed by atoms with Crippen LogP contribution >= 0.6 is 0 Å². The summed E-state index contributed by atoms with van der Waals surface area (Å²) in [4.78, 5) is 26.0. The molecule has 35 heavy (non-hydrogen) atoms. The molecular weight excluding hydrogens is 468 g/mol. The van der Waals surface area contributed by atoms with Crippen molar-refractivity contribution in [1.29, 1.82) is 0 Å². The zero-order valence-electron chi connectivity index (χ0n) is 20.9. The number of carbonyl (C=O) groups is 2. The van der Waals surface area contributed by atoms with Gasteiger partial charge >= 0.3 is 5.97 Å². The summed E-state index contributed by atoms with van der Waals surface area (Å²) < 4.78 is 26.3. The highest BCUT2D eigenvalue weighted by Crippen LogP contribution is 2.65. The van der Waals surface area contributed by atoms with Gasteiger partial charge in [-0.1, -0.05) is 51.1 Å². The molecule has 2 fully saturated rings. The number of nitrogens with two attached hydrogens (primary N) is 2. The van der Waals surface area contributed by atoms with Crippen LogP contribution in [0.2, 0.25) is 0 Å². The second-order valence-corrected chi connectivity index (χ2v) is 12.3. The zero-order valence-corrected chi connectivity index (χ0v) is 21.8. The number of carboxylic acids is 1. The topological polar surface area (TPSA) is 156 Å². The van der Waals surface area contributed by atoms with E-state index in [0.717, 1.165) is 19.3 Å². The lowest BCUT2D eigenvalue weighted by Gasteiger charge is -2.41. The van der Waals surface area contributed by atoms with E-state index in [1.54, 1.807) is 24.3 Å². The Kier molecular flexibility index (Phi) is 8.30. The number of carboxylic acid groups (broad SMARTS) is 1. The monoisotopic (exact) mass is 508 g/mol. The lowest BCUT2D eigenvalue weighted by atomic mass is 9.69. The van der Waals surface area contributed by atoms with E-state index in [9.17, 15) is 23.1 Å². The number of benzene rings is 1. The first-order chi connectivity index (χ1) is 16.3. The van der Waals surface area contributed by atoms with Crippen LogP contribution in [0.5, 0.6) is 0 Å². The molecule has 10 heteroatoms. The van der Waals surface area contributed by atoms with Gasteiger partial charge in [0.15, 0.2) is 0 Å². The minimum Gasteiger partial charge on any atom is -0.480 e. The van der Waals surface area contributed by atoms with E-state index in [1.165, 1.54) is 0 Å². The molecule has 0 aromatic heterocycles. The molecule has 0 aliphatic heterocycles. The van der Waals surface area contributed by atoms with Gasteiger partial charge in [-0.15, -0.1) is 0 Å². The Bertz CT molecular complexity index is 1020. The average Bonchev–Trinajstić information content (AvgIpc) is 3.11. The van der Waals surface area contributed by atoms with Crippen LogP contribution in [0.25, 0.3) is 0 Å². The SMILES string of the molecule is CC1(C)[C@@H]2CC[C@@]1(C)[C@@H](NC(=O)[C@H](Cc1ccccc1)N([C@@H](CCCCN)C(=O)O)S(N)(=O)=O)C2. The second kappa shape index (κ2) is 10.5. The molecule has 3 rings (SSSR count). The normalized spacial score (nSPS) is 27.0. The Labute approximate surface area is 208 Å². The summed E-state index contributed by atoms with van der Waals surface area (Å²) in [5.41, 5.74) is 6.19. The zero-order chi connectivity index (χ0) is 26.0.